The minimum absolute atomic E-state index is 0.0241. The van der Waals surface area contributed by atoms with E-state index in [4.69, 9.17) is 9.47 Å². The summed E-state index contributed by atoms with van der Waals surface area (Å²) in [6.07, 6.45) is -1.28. The number of aliphatic hydroxyl groups excluding tert-OH is 2. The second-order valence-corrected chi connectivity index (χ2v) is 8.08. The summed E-state index contributed by atoms with van der Waals surface area (Å²) in [6.45, 7) is 3.11. The molecule has 1 saturated heterocycles. The van der Waals surface area contributed by atoms with E-state index in [-0.39, 0.29) is 31.4 Å². The molecule has 1 aromatic carbocycles. The molecule has 32 heavy (non-hydrogen) atoms. The number of hydrogen-bond donors (Lipinski definition) is 2. The molecule has 1 heterocycles. The molecule has 9 heteroatoms. The lowest BCUT2D eigenvalue weighted by Gasteiger charge is -2.31. The number of benzene rings is 1. The molecule has 1 aliphatic rings. The zero-order chi connectivity index (χ0) is 23.5. The van der Waals surface area contributed by atoms with Crippen LogP contribution in [-0.4, -0.2) is 96.6 Å². The van der Waals surface area contributed by atoms with Crippen LogP contribution in [0.3, 0.4) is 0 Å². The number of ether oxygens (including phenoxy) is 2. The van der Waals surface area contributed by atoms with E-state index in [2.05, 4.69) is 0 Å². The molecular weight excluding hydrogens is 419 g/mol. The summed E-state index contributed by atoms with van der Waals surface area (Å²) in [5.74, 6) is -0.771. The standard InChI is InChI=1S/C23H35FN2O6/c1-17(27)26-12-7-11-25(22(29)14-18-8-3-4-9-19(18)24)10-5-6-13-32-16-20(28)23(30)21(15-26)31-2/h3-4,8-9,20-21,23,28,30H,5-7,10-16H2,1-2H3/t20-,21-,23-/m0/s1. The van der Waals surface area contributed by atoms with Crippen LogP contribution in [0.25, 0.3) is 0 Å². The third kappa shape index (κ3) is 8.12. The Morgan fingerprint density at radius 1 is 1.12 bits per heavy atom. The van der Waals surface area contributed by atoms with E-state index in [9.17, 15) is 24.2 Å². The highest BCUT2D eigenvalue weighted by molar-refractivity contribution is 5.78. The quantitative estimate of drug-likeness (QED) is 0.707. The van der Waals surface area contributed by atoms with Crippen LogP contribution in [-0.2, 0) is 25.5 Å². The lowest BCUT2D eigenvalue weighted by Crippen LogP contribution is -2.48. The fraction of sp³-hybridized carbons (Fsp3) is 0.652. The topological polar surface area (TPSA) is 99.5 Å². The van der Waals surface area contributed by atoms with E-state index in [1.807, 2.05) is 0 Å². The van der Waals surface area contributed by atoms with Gasteiger partial charge in [-0.1, -0.05) is 18.2 Å². The molecule has 2 amide bonds. The number of amides is 2. The first-order valence-corrected chi connectivity index (χ1v) is 11.1. The minimum Gasteiger partial charge on any atom is -0.388 e. The average molecular weight is 455 g/mol. The molecule has 0 unspecified atom stereocenters. The highest BCUT2D eigenvalue weighted by atomic mass is 19.1. The Morgan fingerprint density at radius 3 is 2.50 bits per heavy atom. The average Bonchev–Trinajstić information content (AvgIpc) is 2.77. The zero-order valence-electron chi connectivity index (χ0n) is 18.9. The van der Waals surface area contributed by atoms with Crippen LogP contribution >= 0.6 is 0 Å². The molecule has 0 aliphatic carbocycles. The Balaban J connectivity index is 2.09. The predicted octanol–water partition coefficient (Wildman–Crippen LogP) is 0.983. The van der Waals surface area contributed by atoms with E-state index in [1.54, 1.807) is 23.1 Å². The van der Waals surface area contributed by atoms with Gasteiger partial charge in [0.15, 0.2) is 0 Å². The Morgan fingerprint density at radius 2 is 1.81 bits per heavy atom. The molecule has 180 valence electrons. The first-order valence-electron chi connectivity index (χ1n) is 11.1. The van der Waals surface area contributed by atoms with E-state index >= 15 is 0 Å². The molecule has 0 radical (unpaired) electrons. The SMILES string of the molecule is CO[C@H]1CN(C(C)=O)CCCN(C(=O)Cc2ccccc2F)CCCCOC[C@H](O)[C@@H]1O. The fourth-order valence-corrected chi connectivity index (χ4v) is 3.70. The van der Waals surface area contributed by atoms with Crippen molar-refractivity contribution < 1.29 is 33.7 Å². The van der Waals surface area contributed by atoms with Gasteiger partial charge in [-0.15, -0.1) is 0 Å². The number of rotatable bonds is 3. The molecule has 2 N–H and O–H groups in total. The summed E-state index contributed by atoms with van der Waals surface area (Å²) in [5, 5.41) is 20.6. The number of carbonyl (C=O) groups is 2. The lowest BCUT2D eigenvalue weighted by molar-refractivity contribution is -0.136. The van der Waals surface area contributed by atoms with E-state index in [0.29, 0.717) is 51.1 Å². The summed E-state index contributed by atoms with van der Waals surface area (Å²) in [6, 6.07) is 6.24. The van der Waals surface area contributed by atoms with Crippen molar-refractivity contribution in [1.82, 2.24) is 9.80 Å². The van der Waals surface area contributed by atoms with Gasteiger partial charge in [-0.2, -0.15) is 0 Å². The number of methoxy groups -OCH3 is 1. The maximum Gasteiger partial charge on any atom is 0.227 e. The second-order valence-electron chi connectivity index (χ2n) is 8.08. The molecule has 1 fully saturated rings. The molecule has 0 saturated carbocycles. The Bertz CT molecular complexity index is 734. The van der Waals surface area contributed by atoms with Gasteiger partial charge in [-0.25, -0.2) is 4.39 Å². The molecule has 0 aromatic heterocycles. The largest absolute Gasteiger partial charge is 0.388 e. The fourth-order valence-electron chi connectivity index (χ4n) is 3.70. The summed E-state index contributed by atoms with van der Waals surface area (Å²) >= 11 is 0. The van der Waals surface area contributed by atoms with E-state index in [1.165, 1.54) is 25.0 Å². The van der Waals surface area contributed by atoms with Crippen molar-refractivity contribution in [2.75, 3.05) is 46.5 Å². The van der Waals surface area contributed by atoms with Crippen LogP contribution in [0.2, 0.25) is 0 Å². The van der Waals surface area contributed by atoms with Crippen molar-refractivity contribution in [3.63, 3.8) is 0 Å². The van der Waals surface area contributed by atoms with Crippen LogP contribution in [0.15, 0.2) is 24.3 Å². The Hall–Kier alpha value is -2.07. The molecule has 2 rings (SSSR count). The molecule has 0 bridgehead atoms. The number of halogens is 1. The van der Waals surface area contributed by atoms with Gasteiger partial charge in [0.2, 0.25) is 11.8 Å². The van der Waals surface area contributed by atoms with Crippen LogP contribution in [0, 0.1) is 5.82 Å². The lowest BCUT2D eigenvalue weighted by atomic mass is 10.1. The summed E-state index contributed by atoms with van der Waals surface area (Å²) in [4.78, 5) is 28.2. The van der Waals surface area contributed by atoms with Crippen molar-refractivity contribution >= 4 is 11.8 Å². The van der Waals surface area contributed by atoms with Crippen molar-refractivity contribution in [2.45, 2.75) is 50.9 Å². The van der Waals surface area contributed by atoms with E-state index < -0.39 is 24.1 Å². The van der Waals surface area contributed by atoms with Crippen LogP contribution in [0.5, 0.6) is 0 Å². The zero-order valence-corrected chi connectivity index (χ0v) is 18.9. The number of hydrogen-bond acceptors (Lipinski definition) is 6. The van der Waals surface area contributed by atoms with Gasteiger partial charge in [0.05, 0.1) is 13.0 Å². The van der Waals surface area contributed by atoms with Gasteiger partial charge in [0.25, 0.3) is 0 Å². The van der Waals surface area contributed by atoms with Crippen molar-refractivity contribution in [3.8, 4) is 0 Å². The van der Waals surface area contributed by atoms with Gasteiger partial charge in [0.1, 0.15) is 24.1 Å². The summed E-state index contributed by atoms with van der Waals surface area (Å²) in [7, 11) is 1.41. The third-order valence-electron chi connectivity index (χ3n) is 5.69. The summed E-state index contributed by atoms with van der Waals surface area (Å²) < 4.78 is 24.8. The molecular formula is C23H35FN2O6. The van der Waals surface area contributed by atoms with Gasteiger partial charge in [-0.3, -0.25) is 9.59 Å². The van der Waals surface area contributed by atoms with Crippen molar-refractivity contribution in [1.29, 1.82) is 0 Å². The van der Waals surface area contributed by atoms with Crippen LogP contribution in [0.1, 0.15) is 31.7 Å². The highest BCUT2D eigenvalue weighted by Crippen LogP contribution is 2.12. The number of aliphatic hydroxyl groups is 2. The first-order chi connectivity index (χ1) is 15.3. The second kappa shape index (κ2) is 13.5. The normalized spacial score (nSPS) is 24.5. The molecule has 1 aliphatic heterocycles. The Kier molecular flexibility index (Phi) is 11.0. The van der Waals surface area contributed by atoms with Gasteiger partial charge in [-0.05, 0) is 30.9 Å². The number of nitrogens with zero attached hydrogens (tertiary/aromatic N) is 2. The van der Waals surface area contributed by atoms with Crippen molar-refractivity contribution in [3.05, 3.63) is 35.6 Å². The van der Waals surface area contributed by atoms with Crippen LogP contribution in [0.4, 0.5) is 4.39 Å². The van der Waals surface area contributed by atoms with Gasteiger partial charge >= 0.3 is 0 Å². The highest BCUT2D eigenvalue weighted by Gasteiger charge is 2.29. The van der Waals surface area contributed by atoms with Gasteiger partial charge in [0, 0.05) is 46.8 Å². The number of carbonyl (C=O) groups excluding carboxylic acids is 2. The molecule has 0 spiro atoms. The van der Waals surface area contributed by atoms with Crippen molar-refractivity contribution in [2.24, 2.45) is 0 Å². The maximum atomic E-state index is 14.0. The monoisotopic (exact) mass is 454 g/mol. The molecule has 1 aromatic rings. The van der Waals surface area contributed by atoms with Crippen LogP contribution < -0.4 is 0 Å². The van der Waals surface area contributed by atoms with E-state index in [0.717, 1.165) is 0 Å². The molecule has 8 nitrogen and oxygen atoms in total. The first kappa shape index (κ1) is 26.2. The Labute approximate surface area is 188 Å². The smallest absolute Gasteiger partial charge is 0.227 e. The maximum absolute atomic E-state index is 14.0. The predicted molar refractivity (Wildman–Crippen MR) is 116 cm³/mol. The van der Waals surface area contributed by atoms with Gasteiger partial charge < -0.3 is 29.5 Å². The summed E-state index contributed by atoms with van der Waals surface area (Å²) in [5.41, 5.74) is 0.355. The molecule has 3 atom stereocenters. The third-order valence-corrected chi connectivity index (χ3v) is 5.69. The minimum atomic E-state index is -1.20.